The van der Waals surface area contributed by atoms with E-state index in [0.717, 1.165) is 25.6 Å². The molecular weight excluding hydrogens is 325 g/mol. The Bertz CT molecular complexity index is 242. The number of nitrogens with zero attached hydrogens (tertiary/aromatic N) is 1. The molecule has 1 fully saturated rings. The van der Waals surface area contributed by atoms with E-state index in [1.165, 1.54) is 25.7 Å². The Morgan fingerprint density at radius 2 is 2.06 bits per heavy atom. The Kier molecular flexibility index (Phi) is 8.64. The Morgan fingerprint density at radius 1 is 1.35 bits per heavy atom. The van der Waals surface area contributed by atoms with Crippen molar-refractivity contribution in [1.29, 1.82) is 0 Å². The fourth-order valence-electron chi connectivity index (χ4n) is 2.06. The first-order valence-electron chi connectivity index (χ1n) is 6.39. The fourth-order valence-corrected chi connectivity index (χ4v) is 2.06. The maximum atomic E-state index is 4.66. The average molecular weight is 351 g/mol. The van der Waals surface area contributed by atoms with Crippen LogP contribution in [0.2, 0.25) is 0 Å². The van der Waals surface area contributed by atoms with Crippen LogP contribution in [0.5, 0.6) is 0 Å². The van der Waals surface area contributed by atoms with Gasteiger partial charge in [-0.2, -0.15) is 0 Å². The molecule has 1 rings (SSSR count). The van der Waals surface area contributed by atoms with Crippen LogP contribution in [0.1, 0.15) is 39.5 Å². The molecular formula is C13H26IN3. The maximum absolute atomic E-state index is 4.66. The monoisotopic (exact) mass is 351 g/mol. The highest BCUT2D eigenvalue weighted by Crippen LogP contribution is 2.43. The lowest BCUT2D eigenvalue weighted by Crippen LogP contribution is -2.39. The zero-order chi connectivity index (χ0) is 11.9. The van der Waals surface area contributed by atoms with Gasteiger partial charge in [-0.05, 0) is 31.6 Å². The van der Waals surface area contributed by atoms with Gasteiger partial charge in [-0.25, -0.2) is 0 Å². The van der Waals surface area contributed by atoms with E-state index < -0.39 is 0 Å². The first-order chi connectivity index (χ1) is 7.76. The van der Waals surface area contributed by atoms with Crippen molar-refractivity contribution in [2.45, 2.75) is 39.5 Å². The predicted molar refractivity (Wildman–Crippen MR) is 86.2 cm³/mol. The molecule has 1 aliphatic carbocycles. The molecule has 0 radical (unpaired) electrons. The topological polar surface area (TPSA) is 36.4 Å². The van der Waals surface area contributed by atoms with Gasteiger partial charge in [0.25, 0.3) is 0 Å². The van der Waals surface area contributed by atoms with Gasteiger partial charge in [0, 0.05) is 19.6 Å². The van der Waals surface area contributed by atoms with Crippen LogP contribution < -0.4 is 10.6 Å². The lowest BCUT2D eigenvalue weighted by atomic mass is 9.67. The summed E-state index contributed by atoms with van der Waals surface area (Å²) in [6.07, 6.45) is 7.16. The summed E-state index contributed by atoms with van der Waals surface area (Å²) >= 11 is 0. The Labute approximate surface area is 123 Å². The molecule has 0 unspecified atom stereocenters. The number of nitrogens with one attached hydrogen (secondary N) is 2. The van der Waals surface area contributed by atoms with Crippen molar-refractivity contribution in [2.24, 2.45) is 10.4 Å². The van der Waals surface area contributed by atoms with E-state index in [0.29, 0.717) is 5.41 Å². The van der Waals surface area contributed by atoms with Crippen molar-refractivity contribution >= 4 is 29.9 Å². The number of hydrogen-bond acceptors (Lipinski definition) is 1. The number of guanidine groups is 1. The lowest BCUT2D eigenvalue weighted by molar-refractivity contribution is 0.139. The van der Waals surface area contributed by atoms with E-state index in [1.54, 1.807) is 0 Å². The number of hydrogen-bond donors (Lipinski definition) is 2. The fraction of sp³-hybridized carbons (Fsp3) is 0.769. The maximum Gasteiger partial charge on any atom is 0.191 e. The van der Waals surface area contributed by atoms with Gasteiger partial charge in [0.1, 0.15) is 0 Å². The highest BCUT2D eigenvalue weighted by molar-refractivity contribution is 14.0. The molecule has 0 bridgehead atoms. The van der Waals surface area contributed by atoms with Crippen molar-refractivity contribution in [3.8, 4) is 0 Å². The van der Waals surface area contributed by atoms with Gasteiger partial charge >= 0.3 is 0 Å². The van der Waals surface area contributed by atoms with Gasteiger partial charge < -0.3 is 10.6 Å². The van der Waals surface area contributed by atoms with E-state index >= 15 is 0 Å². The van der Waals surface area contributed by atoms with Crippen molar-refractivity contribution in [3.05, 3.63) is 12.7 Å². The molecule has 0 aliphatic heterocycles. The van der Waals surface area contributed by atoms with Gasteiger partial charge in [-0.1, -0.05) is 19.4 Å². The van der Waals surface area contributed by atoms with Crippen molar-refractivity contribution in [1.82, 2.24) is 10.6 Å². The van der Waals surface area contributed by atoms with Crippen LogP contribution in [0.3, 0.4) is 0 Å². The third-order valence-corrected chi connectivity index (χ3v) is 3.49. The van der Waals surface area contributed by atoms with Crippen molar-refractivity contribution in [2.75, 3.05) is 19.6 Å². The van der Waals surface area contributed by atoms with Crippen molar-refractivity contribution < 1.29 is 0 Å². The van der Waals surface area contributed by atoms with E-state index in [9.17, 15) is 0 Å². The number of halogens is 1. The third-order valence-electron chi connectivity index (χ3n) is 3.49. The summed E-state index contributed by atoms with van der Waals surface area (Å²) in [7, 11) is 0. The molecule has 1 aliphatic rings. The molecule has 0 saturated heterocycles. The zero-order valence-corrected chi connectivity index (χ0v) is 13.4. The minimum absolute atomic E-state index is 0. The molecule has 2 N–H and O–H groups in total. The normalized spacial score (nSPS) is 17.6. The molecule has 4 heteroatoms. The highest BCUT2D eigenvalue weighted by Gasteiger charge is 2.34. The minimum atomic E-state index is 0. The van der Waals surface area contributed by atoms with Gasteiger partial charge in [0.2, 0.25) is 0 Å². The zero-order valence-electron chi connectivity index (χ0n) is 11.1. The summed E-state index contributed by atoms with van der Waals surface area (Å²) in [6, 6.07) is 0. The van der Waals surface area contributed by atoms with Gasteiger partial charge in [-0.3, -0.25) is 4.99 Å². The first kappa shape index (κ1) is 16.7. The summed E-state index contributed by atoms with van der Waals surface area (Å²) in [5.41, 5.74) is 0.497. The van der Waals surface area contributed by atoms with E-state index in [2.05, 4.69) is 36.1 Å². The highest BCUT2D eigenvalue weighted by atomic mass is 127. The van der Waals surface area contributed by atoms with Crippen molar-refractivity contribution in [3.63, 3.8) is 0 Å². The Balaban J connectivity index is 0.00000256. The second-order valence-corrected chi connectivity index (χ2v) is 4.57. The quantitative estimate of drug-likeness (QED) is 0.334. The standard InChI is InChI=1S/C13H25N3.HI/c1-4-10-15-12(14-6-3)16-11-13(5-2)8-7-9-13;/h4H,1,5-11H2,2-3H3,(H2,14,15,16);1H. The summed E-state index contributed by atoms with van der Waals surface area (Å²) in [5.74, 6) is 0.919. The summed E-state index contributed by atoms with van der Waals surface area (Å²) in [5, 5.41) is 6.49. The second kappa shape index (κ2) is 8.78. The molecule has 17 heavy (non-hydrogen) atoms. The molecule has 0 atom stereocenters. The van der Waals surface area contributed by atoms with Gasteiger partial charge in [-0.15, -0.1) is 30.6 Å². The Hall–Kier alpha value is -0.260. The summed E-state index contributed by atoms with van der Waals surface area (Å²) in [4.78, 5) is 4.66. The van der Waals surface area contributed by atoms with Crippen LogP contribution in [0.15, 0.2) is 17.6 Å². The van der Waals surface area contributed by atoms with Crippen LogP contribution in [0.4, 0.5) is 0 Å². The van der Waals surface area contributed by atoms with Crippen LogP contribution in [-0.4, -0.2) is 25.6 Å². The molecule has 3 nitrogen and oxygen atoms in total. The SMILES string of the molecule is C=CCNC(=NCC1(CC)CCC1)NCC.I. The lowest BCUT2D eigenvalue weighted by Gasteiger charge is -2.40. The van der Waals surface area contributed by atoms with Gasteiger partial charge in [0.15, 0.2) is 5.96 Å². The molecule has 0 aromatic rings. The molecule has 1 saturated carbocycles. The number of aliphatic imine (C=N–C) groups is 1. The van der Waals surface area contributed by atoms with E-state index in [1.807, 2.05) is 6.08 Å². The van der Waals surface area contributed by atoms with E-state index in [4.69, 9.17) is 0 Å². The van der Waals surface area contributed by atoms with E-state index in [-0.39, 0.29) is 24.0 Å². The average Bonchev–Trinajstić information content (AvgIpc) is 2.24. The molecule has 0 heterocycles. The minimum Gasteiger partial charge on any atom is -0.357 e. The first-order valence-corrected chi connectivity index (χ1v) is 6.39. The molecule has 0 amide bonds. The second-order valence-electron chi connectivity index (χ2n) is 4.57. The Morgan fingerprint density at radius 3 is 2.47 bits per heavy atom. The van der Waals surface area contributed by atoms with Crippen LogP contribution in [0.25, 0.3) is 0 Å². The van der Waals surface area contributed by atoms with Gasteiger partial charge in [0.05, 0.1) is 0 Å². The molecule has 0 spiro atoms. The molecule has 0 aromatic carbocycles. The summed E-state index contributed by atoms with van der Waals surface area (Å²) < 4.78 is 0. The van der Waals surface area contributed by atoms with Crippen LogP contribution in [-0.2, 0) is 0 Å². The van der Waals surface area contributed by atoms with Crippen LogP contribution >= 0.6 is 24.0 Å². The summed E-state index contributed by atoms with van der Waals surface area (Å²) in [6.45, 7) is 10.7. The van der Waals surface area contributed by atoms with Crippen LogP contribution in [0, 0.1) is 5.41 Å². The molecule has 0 aromatic heterocycles. The molecule has 100 valence electrons. The largest absolute Gasteiger partial charge is 0.357 e. The predicted octanol–water partition coefficient (Wildman–Crippen LogP) is 2.93. The third kappa shape index (κ3) is 5.27. The smallest absolute Gasteiger partial charge is 0.191 e. The number of rotatable bonds is 6.